The molecular formula is C12H15ClN4O2. The SMILES string of the molecule is COCCNC(=O)Cn1c(N)nc2cc(Cl)ccc21. The molecule has 0 aliphatic carbocycles. The fourth-order valence-electron chi connectivity index (χ4n) is 1.78. The number of imidazole rings is 1. The second-order valence-electron chi connectivity index (χ2n) is 4.03. The van der Waals surface area contributed by atoms with Crippen molar-refractivity contribution in [2.45, 2.75) is 6.54 Å². The van der Waals surface area contributed by atoms with E-state index in [-0.39, 0.29) is 12.5 Å². The number of fused-ring (bicyclic) bond motifs is 1. The van der Waals surface area contributed by atoms with Gasteiger partial charge in [0.05, 0.1) is 17.6 Å². The van der Waals surface area contributed by atoms with Crippen LogP contribution in [0.5, 0.6) is 0 Å². The molecule has 1 amide bonds. The summed E-state index contributed by atoms with van der Waals surface area (Å²) in [6.07, 6.45) is 0. The fraction of sp³-hybridized carbons (Fsp3) is 0.333. The number of ether oxygens (including phenoxy) is 1. The third-order valence-corrected chi connectivity index (χ3v) is 2.90. The molecule has 0 atom stereocenters. The van der Waals surface area contributed by atoms with E-state index in [1.165, 1.54) is 0 Å². The molecule has 3 N–H and O–H groups in total. The molecule has 6 nitrogen and oxygen atoms in total. The van der Waals surface area contributed by atoms with Crippen LogP contribution in [0.3, 0.4) is 0 Å². The Labute approximate surface area is 115 Å². The average Bonchev–Trinajstić information content (AvgIpc) is 2.65. The van der Waals surface area contributed by atoms with Crippen molar-refractivity contribution in [1.82, 2.24) is 14.9 Å². The van der Waals surface area contributed by atoms with Gasteiger partial charge in [-0.2, -0.15) is 0 Å². The topological polar surface area (TPSA) is 82.2 Å². The number of amides is 1. The standard InChI is InChI=1S/C12H15ClN4O2/c1-19-5-4-15-11(18)7-17-10-3-2-8(13)6-9(10)16-12(17)14/h2-3,6H,4-5,7H2,1H3,(H2,14,16)(H,15,18). The van der Waals surface area contributed by atoms with E-state index in [4.69, 9.17) is 22.1 Å². The third kappa shape index (κ3) is 3.15. The molecule has 2 aromatic rings. The highest BCUT2D eigenvalue weighted by molar-refractivity contribution is 6.31. The molecule has 19 heavy (non-hydrogen) atoms. The second-order valence-corrected chi connectivity index (χ2v) is 4.47. The Morgan fingerprint density at radius 2 is 2.37 bits per heavy atom. The summed E-state index contributed by atoms with van der Waals surface area (Å²) in [5, 5.41) is 3.32. The van der Waals surface area contributed by atoms with Gasteiger partial charge in [0.15, 0.2) is 0 Å². The number of nitrogen functional groups attached to an aromatic ring is 1. The lowest BCUT2D eigenvalue weighted by Crippen LogP contribution is -2.30. The van der Waals surface area contributed by atoms with E-state index in [2.05, 4.69) is 10.3 Å². The molecule has 7 heteroatoms. The summed E-state index contributed by atoms with van der Waals surface area (Å²) in [7, 11) is 1.58. The van der Waals surface area contributed by atoms with Crippen LogP contribution in [-0.2, 0) is 16.1 Å². The van der Waals surface area contributed by atoms with Crippen LogP contribution in [-0.4, -0.2) is 35.7 Å². The quantitative estimate of drug-likeness (QED) is 0.803. The van der Waals surface area contributed by atoms with Gasteiger partial charge in [0.1, 0.15) is 6.54 Å². The van der Waals surface area contributed by atoms with Gasteiger partial charge in [0.25, 0.3) is 0 Å². The first-order valence-electron chi connectivity index (χ1n) is 5.78. The van der Waals surface area contributed by atoms with Gasteiger partial charge in [-0.25, -0.2) is 4.98 Å². The van der Waals surface area contributed by atoms with Crippen molar-refractivity contribution in [3.05, 3.63) is 23.2 Å². The van der Waals surface area contributed by atoms with Gasteiger partial charge in [-0.15, -0.1) is 0 Å². The zero-order chi connectivity index (χ0) is 13.8. The lowest BCUT2D eigenvalue weighted by Gasteiger charge is -2.07. The van der Waals surface area contributed by atoms with Gasteiger partial charge in [0.2, 0.25) is 11.9 Å². The van der Waals surface area contributed by atoms with Crippen LogP contribution >= 0.6 is 11.6 Å². The fourth-order valence-corrected chi connectivity index (χ4v) is 1.95. The predicted octanol–water partition coefficient (Wildman–Crippen LogP) is 1.03. The summed E-state index contributed by atoms with van der Waals surface area (Å²) in [5.74, 6) is 0.150. The summed E-state index contributed by atoms with van der Waals surface area (Å²) in [6, 6.07) is 5.25. The normalized spacial score (nSPS) is 10.8. The van der Waals surface area contributed by atoms with Crippen molar-refractivity contribution in [3.8, 4) is 0 Å². The zero-order valence-electron chi connectivity index (χ0n) is 10.5. The first-order valence-corrected chi connectivity index (χ1v) is 6.16. The highest BCUT2D eigenvalue weighted by Gasteiger charge is 2.11. The minimum absolute atomic E-state index is 0.119. The maximum absolute atomic E-state index is 11.8. The van der Waals surface area contributed by atoms with Crippen LogP contribution < -0.4 is 11.1 Å². The zero-order valence-corrected chi connectivity index (χ0v) is 11.3. The maximum Gasteiger partial charge on any atom is 0.240 e. The number of carbonyl (C=O) groups excluding carboxylic acids is 1. The number of carbonyl (C=O) groups is 1. The molecule has 1 aromatic heterocycles. The van der Waals surface area contributed by atoms with E-state index in [0.717, 1.165) is 5.52 Å². The van der Waals surface area contributed by atoms with Crippen molar-refractivity contribution < 1.29 is 9.53 Å². The smallest absolute Gasteiger partial charge is 0.240 e. The van der Waals surface area contributed by atoms with Gasteiger partial charge < -0.3 is 20.4 Å². The third-order valence-electron chi connectivity index (χ3n) is 2.67. The van der Waals surface area contributed by atoms with E-state index >= 15 is 0 Å². The van der Waals surface area contributed by atoms with E-state index in [0.29, 0.717) is 29.6 Å². The number of aromatic nitrogens is 2. The molecule has 0 bridgehead atoms. The number of anilines is 1. The maximum atomic E-state index is 11.8. The molecular weight excluding hydrogens is 268 g/mol. The summed E-state index contributed by atoms with van der Waals surface area (Å²) in [5.41, 5.74) is 7.27. The largest absolute Gasteiger partial charge is 0.383 e. The molecule has 1 heterocycles. The van der Waals surface area contributed by atoms with Crippen LogP contribution in [0.25, 0.3) is 11.0 Å². The Morgan fingerprint density at radius 1 is 1.58 bits per heavy atom. The van der Waals surface area contributed by atoms with Gasteiger partial charge in [-0.05, 0) is 18.2 Å². The number of benzene rings is 1. The first-order chi connectivity index (χ1) is 9.11. The summed E-state index contributed by atoms with van der Waals surface area (Å²) >= 11 is 5.89. The van der Waals surface area contributed by atoms with Gasteiger partial charge >= 0.3 is 0 Å². The number of hydrogen-bond acceptors (Lipinski definition) is 4. The lowest BCUT2D eigenvalue weighted by atomic mass is 10.3. The number of nitrogens with zero attached hydrogens (tertiary/aromatic N) is 2. The molecule has 0 saturated heterocycles. The molecule has 102 valence electrons. The number of nitrogens with two attached hydrogens (primary N) is 1. The highest BCUT2D eigenvalue weighted by atomic mass is 35.5. The Kier molecular flexibility index (Phi) is 4.24. The van der Waals surface area contributed by atoms with E-state index in [1.807, 2.05) is 0 Å². The lowest BCUT2D eigenvalue weighted by molar-refractivity contribution is -0.121. The van der Waals surface area contributed by atoms with Crippen molar-refractivity contribution in [1.29, 1.82) is 0 Å². The highest BCUT2D eigenvalue weighted by Crippen LogP contribution is 2.21. The van der Waals surface area contributed by atoms with Crippen molar-refractivity contribution in [2.24, 2.45) is 0 Å². The molecule has 0 aliphatic heterocycles. The monoisotopic (exact) mass is 282 g/mol. The van der Waals surface area contributed by atoms with Crippen LogP contribution in [0, 0.1) is 0 Å². The summed E-state index contributed by atoms with van der Waals surface area (Å²) in [6.45, 7) is 1.06. The number of halogens is 1. The number of methoxy groups -OCH3 is 1. The van der Waals surface area contributed by atoms with Crippen molar-refractivity contribution >= 4 is 34.5 Å². The number of hydrogen-bond donors (Lipinski definition) is 2. The van der Waals surface area contributed by atoms with E-state index in [1.54, 1.807) is 29.9 Å². The Hall–Kier alpha value is -1.79. The molecule has 2 rings (SSSR count). The van der Waals surface area contributed by atoms with Gasteiger partial charge in [0, 0.05) is 18.7 Å². The van der Waals surface area contributed by atoms with Gasteiger partial charge in [-0.1, -0.05) is 11.6 Å². The van der Waals surface area contributed by atoms with Crippen molar-refractivity contribution in [2.75, 3.05) is 26.0 Å². The Morgan fingerprint density at radius 3 is 3.11 bits per heavy atom. The van der Waals surface area contributed by atoms with Crippen LogP contribution in [0.1, 0.15) is 0 Å². The van der Waals surface area contributed by atoms with Crippen LogP contribution in [0.15, 0.2) is 18.2 Å². The molecule has 0 spiro atoms. The molecule has 0 unspecified atom stereocenters. The van der Waals surface area contributed by atoms with Crippen molar-refractivity contribution in [3.63, 3.8) is 0 Å². The van der Waals surface area contributed by atoms with E-state index < -0.39 is 0 Å². The first kappa shape index (κ1) is 13.6. The molecule has 1 aromatic carbocycles. The molecule has 0 saturated carbocycles. The molecule has 0 fully saturated rings. The number of nitrogens with one attached hydrogen (secondary N) is 1. The Bertz CT molecular complexity index is 597. The molecule has 0 radical (unpaired) electrons. The predicted molar refractivity (Wildman–Crippen MR) is 74.0 cm³/mol. The second kappa shape index (κ2) is 5.90. The Balaban J connectivity index is 2.16. The minimum atomic E-state index is -0.141. The molecule has 0 aliphatic rings. The minimum Gasteiger partial charge on any atom is -0.383 e. The average molecular weight is 283 g/mol. The van der Waals surface area contributed by atoms with Crippen LogP contribution in [0.2, 0.25) is 5.02 Å². The van der Waals surface area contributed by atoms with Crippen LogP contribution in [0.4, 0.5) is 5.95 Å². The summed E-state index contributed by atoms with van der Waals surface area (Å²) in [4.78, 5) is 15.9. The van der Waals surface area contributed by atoms with Gasteiger partial charge in [-0.3, -0.25) is 4.79 Å². The summed E-state index contributed by atoms with van der Waals surface area (Å²) < 4.78 is 6.51. The van der Waals surface area contributed by atoms with E-state index in [9.17, 15) is 4.79 Å². The number of rotatable bonds is 5.